The number of amides is 2. The van der Waals surface area contributed by atoms with Crippen LogP contribution in [0.2, 0.25) is 0 Å². The average Bonchev–Trinajstić information content (AvgIpc) is 3.24. The second-order valence-corrected chi connectivity index (χ2v) is 9.81. The Bertz CT molecular complexity index is 963. The molecule has 2 aromatic rings. The molecule has 0 aliphatic carbocycles. The van der Waals surface area contributed by atoms with Crippen LogP contribution in [0, 0.1) is 13.8 Å². The van der Waals surface area contributed by atoms with Gasteiger partial charge in [-0.25, -0.2) is 8.42 Å². The summed E-state index contributed by atoms with van der Waals surface area (Å²) in [5.41, 5.74) is 2.63. The van der Waals surface area contributed by atoms with E-state index in [0.29, 0.717) is 22.9 Å². The largest absolute Gasteiger partial charge is 0.343 e. The summed E-state index contributed by atoms with van der Waals surface area (Å²) in [7, 11) is -3.49. The van der Waals surface area contributed by atoms with Crippen LogP contribution in [-0.4, -0.2) is 62.2 Å². The number of sulfonamides is 1. The second-order valence-electron chi connectivity index (χ2n) is 6.70. The summed E-state index contributed by atoms with van der Waals surface area (Å²) in [6.07, 6.45) is 0. The fraction of sp³-hybridized carbons (Fsp3) is 0.368. The Morgan fingerprint density at radius 1 is 1.07 bits per heavy atom. The van der Waals surface area contributed by atoms with Crippen LogP contribution < -0.4 is 5.32 Å². The highest BCUT2D eigenvalue weighted by molar-refractivity contribution is 7.91. The predicted octanol–water partition coefficient (Wildman–Crippen LogP) is 1.63. The van der Waals surface area contributed by atoms with Crippen LogP contribution in [0.3, 0.4) is 0 Å². The number of carbonyl (C=O) groups excluding carboxylic acids is 2. The van der Waals surface area contributed by atoms with Gasteiger partial charge in [0.15, 0.2) is 0 Å². The molecule has 0 spiro atoms. The van der Waals surface area contributed by atoms with Gasteiger partial charge in [0.2, 0.25) is 5.91 Å². The summed E-state index contributed by atoms with van der Waals surface area (Å²) in [5, 5.41) is 4.37. The van der Waals surface area contributed by atoms with Crippen molar-refractivity contribution >= 4 is 33.2 Å². The van der Waals surface area contributed by atoms with E-state index in [1.54, 1.807) is 34.5 Å². The van der Waals surface area contributed by atoms with Gasteiger partial charge in [-0.15, -0.1) is 11.3 Å². The minimum atomic E-state index is -3.49. The van der Waals surface area contributed by atoms with E-state index in [2.05, 4.69) is 5.32 Å². The zero-order chi connectivity index (χ0) is 20.3. The monoisotopic (exact) mass is 421 g/mol. The zero-order valence-electron chi connectivity index (χ0n) is 15.8. The normalized spacial score (nSPS) is 15.4. The molecule has 2 heterocycles. The third-order valence-electron chi connectivity index (χ3n) is 4.85. The predicted molar refractivity (Wildman–Crippen MR) is 108 cm³/mol. The van der Waals surface area contributed by atoms with Crippen LogP contribution in [0.25, 0.3) is 0 Å². The highest BCUT2D eigenvalue weighted by Crippen LogP contribution is 2.22. The van der Waals surface area contributed by atoms with Crippen molar-refractivity contribution in [3.8, 4) is 0 Å². The number of piperazine rings is 1. The van der Waals surface area contributed by atoms with E-state index < -0.39 is 10.0 Å². The van der Waals surface area contributed by atoms with Crippen LogP contribution in [0.5, 0.6) is 0 Å². The Kier molecular flexibility index (Phi) is 6.17. The van der Waals surface area contributed by atoms with Crippen molar-refractivity contribution in [2.45, 2.75) is 18.1 Å². The summed E-state index contributed by atoms with van der Waals surface area (Å²) < 4.78 is 26.8. The summed E-state index contributed by atoms with van der Waals surface area (Å²) >= 11 is 1.18. The van der Waals surface area contributed by atoms with Crippen molar-refractivity contribution in [3.63, 3.8) is 0 Å². The first-order valence-corrected chi connectivity index (χ1v) is 11.3. The molecule has 1 aliphatic rings. The Morgan fingerprint density at radius 3 is 2.39 bits per heavy atom. The third-order valence-corrected chi connectivity index (χ3v) is 8.12. The molecule has 0 saturated carbocycles. The quantitative estimate of drug-likeness (QED) is 0.795. The van der Waals surface area contributed by atoms with Gasteiger partial charge in [-0.3, -0.25) is 9.59 Å². The molecule has 1 N–H and O–H groups in total. The van der Waals surface area contributed by atoms with Crippen LogP contribution in [0.4, 0.5) is 0 Å². The lowest BCUT2D eigenvalue weighted by Crippen LogP contribution is -2.52. The highest BCUT2D eigenvalue weighted by Gasteiger charge is 2.30. The molecule has 3 rings (SSSR count). The molecule has 1 fully saturated rings. The summed E-state index contributed by atoms with van der Waals surface area (Å²) in [6.45, 7) is 4.91. The lowest BCUT2D eigenvalue weighted by Gasteiger charge is -2.33. The SMILES string of the molecule is Cc1ccc(C(=O)NCC(=O)N2CCN(S(=O)(=O)c3cccs3)CC2)cc1C. The number of nitrogens with zero attached hydrogens (tertiary/aromatic N) is 2. The van der Waals surface area contributed by atoms with Crippen LogP contribution in [0.1, 0.15) is 21.5 Å². The standard InChI is InChI=1S/C19H23N3O4S2/c1-14-5-6-16(12-15(14)2)19(24)20-13-17(23)21-7-9-22(10-8-21)28(25,26)18-4-3-11-27-18/h3-6,11-12H,7-10,13H2,1-2H3,(H,20,24). The number of aryl methyl sites for hydroxylation is 2. The molecule has 2 amide bonds. The lowest BCUT2D eigenvalue weighted by molar-refractivity contribution is -0.131. The molecule has 1 aromatic heterocycles. The zero-order valence-corrected chi connectivity index (χ0v) is 17.5. The highest BCUT2D eigenvalue weighted by atomic mass is 32.2. The maximum absolute atomic E-state index is 12.5. The van der Waals surface area contributed by atoms with Gasteiger partial charge in [-0.2, -0.15) is 4.31 Å². The first-order valence-electron chi connectivity index (χ1n) is 8.96. The molecule has 1 saturated heterocycles. The van der Waals surface area contributed by atoms with Crippen molar-refractivity contribution in [1.29, 1.82) is 0 Å². The second kappa shape index (κ2) is 8.42. The molecular formula is C19H23N3O4S2. The van der Waals surface area contributed by atoms with Gasteiger partial charge in [-0.1, -0.05) is 12.1 Å². The van der Waals surface area contributed by atoms with E-state index in [1.807, 2.05) is 19.9 Å². The molecule has 7 nitrogen and oxygen atoms in total. The number of rotatable bonds is 5. The number of hydrogen-bond acceptors (Lipinski definition) is 5. The fourth-order valence-electron chi connectivity index (χ4n) is 2.97. The lowest BCUT2D eigenvalue weighted by atomic mass is 10.1. The van der Waals surface area contributed by atoms with Crippen molar-refractivity contribution in [2.75, 3.05) is 32.7 Å². The van der Waals surface area contributed by atoms with Gasteiger partial charge in [0.05, 0.1) is 6.54 Å². The van der Waals surface area contributed by atoms with Crippen molar-refractivity contribution < 1.29 is 18.0 Å². The Morgan fingerprint density at radius 2 is 1.79 bits per heavy atom. The number of benzene rings is 1. The van der Waals surface area contributed by atoms with Gasteiger partial charge >= 0.3 is 0 Å². The molecule has 28 heavy (non-hydrogen) atoms. The van der Waals surface area contributed by atoms with E-state index in [0.717, 1.165) is 11.1 Å². The van der Waals surface area contributed by atoms with Gasteiger partial charge in [0.1, 0.15) is 4.21 Å². The molecule has 1 aliphatic heterocycles. The number of nitrogens with one attached hydrogen (secondary N) is 1. The van der Waals surface area contributed by atoms with Gasteiger partial charge in [0, 0.05) is 31.7 Å². The summed E-state index contributed by atoms with van der Waals surface area (Å²) in [5.74, 6) is -0.513. The molecule has 0 bridgehead atoms. The first kappa shape index (κ1) is 20.5. The Labute approximate surface area is 169 Å². The molecule has 0 unspecified atom stereocenters. The van der Waals surface area contributed by atoms with Gasteiger partial charge in [-0.05, 0) is 48.6 Å². The molecular weight excluding hydrogens is 398 g/mol. The maximum atomic E-state index is 12.5. The van der Waals surface area contributed by atoms with Crippen molar-refractivity contribution in [2.24, 2.45) is 0 Å². The molecule has 0 radical (unpaired) electrons. The third kappa shape index (κ3) is 4.43. The first-order chi connectivity index (χ1) is 13.3. The number of thiophene rings is 1. The maximum Gasteiger partial charge on any atom is 0.252 e. The van der Waals surface area contributed by atoms with Crippen LogP contribution >= 0.6 is 11.3 Å². The number of hydrogen-bond donors (Lipinski definition) is 1. The Balaban J connectivity index is 1.51. The smallest absolute Gasteiger partial charge is 0.252 e. The molecule has 150 valence electrons. The van der Waals surface area contributed by atoms with Crippen molar-refractivity contribution in [1.82, 2.24) is 14.5 Å². The topological polar surface area (TPSA) is 86.8 Å². The van der Waals surface area contributed by atoms with Crippen LogP contribution in [-0.2, 0) is 14.8 Å². The van der Waals surface area contributed by atoms with E-state index in [9.17, 15) is 18.0 Å². The van der Waals surface area contributed by atoms with Crippen LogP contribution in [0.15, 0.2) is 39.9 Å². The minimum Gasteiger partial charge on any atom is -0.343 e. The van der Waals surface area contributed by atoms with Gasteiger partial charge in [0.25, 0.3) is 15.9 Å². The molecule has 0 atom stereocenters. The fourth-order valence-corrected chi connectivity index (χ4v) is 5.53. The van der Waals surface area contributed by atoms with Gasteiger partial charge < -0.3 is 10.2 Å². The van der Waals surface area contributed by atoms with E-state index in [4.69, 9.17) is 0 Å². The number of carbonyl (C=O) groups is 2. The summed E-state index contributed by atoms with van der Waals surface area (Å²) in [6, 6.07) is 8.69. The molecule has 9 heteroatoms. The Hall–Kier alpha value is -2.23. The van der Waals surface area contributed by atoms with E-state index in [1.165, 1.54) is 15.6 Å². The van der Waals surface area contributed by atoms with Crippen molar-refractivity contribution in [3.05, 3.63) is 52.4 Å². The average molecular weight is 422 g/mol. The molecule has 1 aromatic carbocycles. The summed E-state index contributed by atoms with van der Waals surface area (Å²) in [4.78, 5) is 26.2. The van der Waals surface area contributed by atoms with E-state index >= 15 is 0 Å². The minimum absolute atomic E-state index is 0.108. The van der Waals surface area contributed by atoms with E-state index in [-0.39, 0.29) is 31.4 Å².